The quantitative estimate of drug-likeness (QED) is 0.766. The molecular weight excluding hydrogens is 176 g/mol. The molecule has 1 heterocycles. The average molecular weight is 188 g/mol. The lowest BCUT2D eigenvalue weighted by Gasteiger charge is -2.09. The highest BCUT2D eigenvalue weighted by Gasteiger charge is 2.03. The van der Waals surface area contributed by atoms with Crippen LogP contribution >= 0.6 is 0 Å². The van der Waals surface area contributed by atoms with Gasteiger partial charge < -0.3 is 5.73 Å². The lowest BCUT2D eigenvalue weighted by Crippen LogP contribution is -2.02. The predicted molar refractivity (Wildman–Crippen MR) is 54.0 cm³/mol. The number of rotatable bonds is 2. The standard InChI is InChI=1S/C10H12N4/c1-8-9(5-11)3-2-4-10(8)14-6-12-13-7-14/h2-4,6-7H,5,11H2,1H3. The maximum atomic E-state index is 5.63. The molecule has 4 nitrogen and oxygen atoms in total. The lowest BCUT2D eigenvalue weighted by molar-refractivity contribution is 0.994. The van der Waals surface area contributed by atoms with Crippen LogP contribution in [-0.4, -0.2) is 14.8 Å². The van der Waals surface area contributed by atoms with E-state index in [1.165, 1.54) is 5.56 Å². The fourth-order valence-electron chi connectivity index (χ4n) is 1.50. The van der Waals surface area contributed by atoms with Crippen molar-refractivity contribution in [2.24, 2.45) is 5.73 Å². The van der Waals surface area contributed by atoms with Gasteiger partial charge in [-0.3, -0.25) is 4.57 Å². The molecule has 2 aromatic rings. The molecule has 0 aliphatic carbocycles. The van der Waals surface area contributed by atoms with E-state index in [4.69, 9.17) is 5.73 Å². The van der Waals surface area contributed by atoms with Crippen molar-refractivity contribution < 1.29 is 0 Å². The zero-order valence-electron chi connectivity index (χ0n) is 8.01. The minimum Gasteiger partial charge on any atom is -0.326 e. The molecule has 4 heteroatoms. The minimum atomic E-state index is 0.557. The van der Waals surface area contributed by atoms with Crippen molar-refractivity contribution in [1.82, 2.24) is 14.8 Å². The summed E-state index contributed by atoms with van der Waals surface area (Å²) in [5.74, 6) is 0. The van der Waals surface area contributed by atoms with Crippen molar-refractivity contribution >= 4 is 0 Å². The smallest absolute Gasteiger partial charge is 0.123 e. The Morgan fingerprint density at radius 1 is 1.29 bits per heavy atom. The molecule has 1 aromatic heterocycles. The minimum absolute atomic E-state index is 0.557. The SMILES string of the molecule is Cc1c(CN)cccc1-n1cnnc1. The van der Waals surface area contributed by atoms with Crippen LogP contribution in [0.5, 0.6) is 0 Å². The molecule has 0 unspecified atom stereocenters. The summed E-state index contributed by atoms with van der Waals surface area (Å²) >= 11 is 0. The van der Waals surface area contributed by atoms with E-state index in [2.05, 4.69) is 17.1 Å². The third-order valence-electron chi connectivity index (χ3n) is 2.33. The van der Waals surface area contributed by atoms with Crippen LogP contribution in [0.1, 0.15) is 11.1 Å². The normalized spacial score (nSPS) is 10.4. The largest absolute Gasteiger partial charge is 0.326 e. The molecule has 0 atom stereocenters. The van der Waals surface area contributed by atoms with Crippen molar-refractivity contribution in [3.05, 3.63) is 42.0 Å². The highest BCUT2D eigenvalue weighted by Crippen LogP contribution is 2.16. The highest BCUT2D eigenvalue weighted by atomic mass is 15.2. The Balaban J connectivity index is 2.54. The van der Waals surface area contributed by atoms with E-state index in [1.54, 1.807) is 12.7 Å². The molecule has 0 aliphatic heterocycles. The summed E-state index contributed by atoms with van der Waals surface area (Å²) in [6.07, 6.45) is 3.37. The van der Waals surface area contributed by atoms with E-state index in [0.717, 1.165) is 11.3 Å². The summed E-state index contributed by atoms with van der Waals surface area (Å²) < 4.78 is 1.88. The Morgan fingerprint density at radius 3 is 2.64 bits per heavy atom. The van der Waals surface area contributed by atoms with E-state index >= 15 is 0 Å². The van der Waals surface area contributed by atoms with Gasteiger partial charge in [0.15, 0.2) is 0 Å². The zero-order chi connectivity index (χ0) is 9.97. The summed E-state index contributed by atoms with van der Waals surface area (Å²) in [7, 11) is 0. The summed E-state index contributed by atoms with van der Waals surface area (Å²) in [4.78, 5) is 0. The van der Waals surface area contributed by atoms with Gasteiger partial charge in [0.2, 0.25) is 0 Å². The molecule has 0 radical (unpaired) electrons. The Kier molecular flexibility index (Phi) is 2.28. The van der Waals surface area contributed by atoms with Crippen LogP contribution in [0, 0.1) is 6.92 Å². The van der Waals surface area contributed by atoms with Crippen molar-refractivity contribution in [3.8, 4) is 5.69 Å². The van der Waals surface area contributed by atoms with Crippen molar-refractivity contribution in [2.75, 3.05) is 0 Å². The van der Waals surface area contributed by atoms with Gasteiger partial charge >= 0.3 is 0 Å². The second-order valence-corrected chi connectivity index (χ2v) is 3.13. The van der Waals surface area contributed by atoms with Gasteiger partial charge in [0.05, 0.1) is 5.69 Å². The van der Waals surface area contributed by atoms with Crippen molar-refractivity contribution in [1.29, 1.82) is 0 Å². The first-order valence-corrected chi connectivity index (χ1v) is 4.46. The first-order chi connectivity index (χ1) is 6.83. The molecule has 0 bridgehead atoms. The number of hydrogen-bond acceptors (Lipinski definition) is 3. The van der Waals surface area contributed by atoms with Gasteiger partial charge in [-0.05, 0) is 24.1 Å². The molecule has 2 rings (SSSR count). The Morgan fingerprint density at radius 2 is 2.00 bits per heavy atom. The van der Waals surface area contributed by atoms with Gasteiger partial charge in [-0.1, -0.05) is 12.1 Å². The van der Waals surface area contributed by atoms with Crippen molar-refractivity contribution in [2.45, 2.75) is 13.5 Å². The summed E-state index contributed by atoms with van der Waals surface area (Å²) in [6.45, 7) is 2.61. The maximum Gasteiger partial charge on any atom is 0.123 e. The molecule has 0 fully saturated rings. The number of benzene rings is 1. The maximum absolute atomic E-state index is 5.63. The van der Waals surface area contributed by atoms with Gasteiger partial charge in [-0.2, -0.15) is 0 Å². The zero-order valence-corrected chi connectivity index (χ0v) is 8.01. The van der Waals surface area contributed by atoms with E-state index in [9.17, 15) is 0 Å². The first-order valence-electron chi connectivity index (χ1n) is 4.46. The molecule has 1 aromatic carbocycles. The third-order valence-corrected chi connectivity index (χ3v) is 2.33. The van der Waals surface area contributed by atoms with E-state index in [0.29, 0.717) is 6.54 Å². The summed E-state index contributed by atoms with van der Waals surface area (Å²) in [6, 6.07) is 6.05. The van der Waals surface area contributed by atoms with Crippen LogP contribution in [0.3, 0.4) is 0 Å². The number of hydrogen-bond donors (Lipinski definition) is 1. The second kappa shape index (κ2) is 3.59. The Labute approximate surface area is 82.4 Å². The van der Waals surface area contributed by atoms with E-state index < -0.39 is 0 Å². The molecular formula is C10H12N4. The molecule has 2 N–H and O–H groups in total. The number of nitrogens with zero attached hydrogens (tertiary/aromatic N) is 3. The molecule has 0 saturated heterocycles. The van der Waals surface area contributed by atoms with Crippen LogP contribution in [-0.2, 0) is 6.54 Å². The third kappa shape index (κ3) is 1.40. The Hall–Kier alpha value is -1.68. The second-order valence-electron chi connectivity index (χ2n) is 3.13. The predicted octanol–water partition coefficient (Wildman–Crippen LogP) is 1.03. The van der Waals surface area contributed by atoms with Crippen LogP contribution in [0.25, 0.3) is 5.69 Å². The topological polar surface area (TPSA) is 56.7 Å². The fraction of sp³-hybridized carbons (Fsp3) is 0.200. The molecule has 0 amide bonds. The van der Waals surface area contributed by atoms with Crippen LogP contribution in [0.4, 0.5) is 0 Å². The van der Waals surface area contributed by atoms with Crippen LogP contribution in [0.15, 0.2) is 30.9 Å². The number of aromatic nitrogens is 3. The van der Waals surface area contributed by atoms with Gasteiger partial charge in [0, 0.05) is 6.54 Å². The van der Waals surface area contributed by atoms with Gasteiger partial charge in [0.25, 0.3) is 0 Å². The van der Waals surface area contributed by atoms with Gasteiger partial charge in [-0.15, -0.1) is 10.2 Å². The molecule has 0 aliphatic rings. The lowest BCUT2D eigenvalue weighted by atomic mass is 10.1. The molecule has 72 valence electrons. The van der Waals surface area contributed by atoms with E-state index in [-0.39, 0.29) is 0 Å². The van der Waals surface area contributed by atoms with Crippen molar-refractivity contribution in [3.63, 3.8) is 0 Å². The monoisotopic (exact) mass is 188 g/mol. The highest BCUT2D eigenvalue weighted by molar-refractivity contribution is 5.44. The van der Waals surface area contributed by atoms with Crippen LogP contribution < -0.4 is 5.73 Å². The van der Waals surface area contributed by atoms with E-state index in [1.807, 2.05) is 22.8 Å². The van der Waals surface area contributed by atoms with Gasteiger partial charge in [0.1, 0.15) is 12.7 Å². The molecule has 0 saturated carbocycles. The molecule has 0 spiro atoms. The van der Waals surface area contributed by atoms with Crippen LogP contribution in [0.2, 0.25) is 0 Å². The number of nitrogens with two attached hydrogens (primary N) is 1. The fourth-order valence-corrected chi connectivity index (χ4v) is 1.50. The summed E-state index contributed by atoms with van der Waals surface area (Å²) in [5, 5.41) is 7.55. The average Bonchev–Trinajstić information content (AvgIpc) is 2.71. The molecule has 14 heavy (non-hydrogen) atoms. The van der Waals surface area contributed by atoms with Gasteiger partial charge in [-0.25, -0.2) is 0 Å². The summed E-state index contributed by atoms with van der Waals surface area (Å²) in [5.41, 5.74) is 9.04. The first kappa shape index (κ1) is 8.90. The Bertz CT molecular complexity index is 420.